The molecule has 0 fully saturated rings. The fourth-order valence-electron chi connectivity index (χ4n) is 3.52. The van der Waals surface area contributed by atoms with E-state index in [1.165, 1.54) is 23.3 Å². The maximum absolute atomic E-state index is 13.2. The van der Waals surface area contributed by atoms with Crippen LogP contribution >= 0.6 is 0 Å². The Labute approximate surface area is 198 Å². The predicted octanol–water partition coefficient (Wildman–Crippen LogP) is 7.17. The Morgan fingerprint density at radius 1 is 0.824 bits per heavy atom. The van der Waals surface area contributed by atoms with Gasteiger partial charge in [0.1, 0.15) is 5.82 Å². The van der Waals surface area contributed by atoms with Crippen molar-refractivity contribution in [1.29, 1.82) is 0 Å². The predicted molar refractivity (Wildman–Crippen MR) is 134 cm³/mol. The van der Waals surface area contributed by atoms with Crippen molar-refractivity contribution < 1.29 is 13.4 Å². The molecule has 5 rings (SSSR count). The van der Waals surface area contributed by atoms with E-state index in [1.807, 2.05) is 42.5 Å². The number of rotatable bonds is 7. The van der Waals surface area contributed by atoms with Crippen molar-refractivity contribution in [3.05, 3.63) is 83.7 Å². The number of nitrogens with one attached hydrogen (secondary N) is 2. The van der Waals surface area contributed by atoms with Crippen LogP contribution in [-0.2, 0) is 6.54 Å². The molecule has 0 bridgehead atoms. The van der Waals surface area contributed by atoms with E-state index in [-0.39, 0.29) is 5.82 Å². The summed E-state index contributed by atoms with van der Waals surface area (Å²) in [6, 6.07) is 20.3. The van der Waals surface area contributed by atoms with Crippen LogP contribution in [0.15, 0.2) is 75.8 Å². The number of aryl methyl sites for hydroxylation is 1. The van der Waals surface area contributed by atoms with Gasteiger partial charge in [0.05, 0.1) is 10.8 Å². The molecule has 7 heteroatoms. The molecule has 2 N–H and O–H groups in total. The summed E-state index contributed by atoms with van der Waals surface area (Å²) in [5.41, 5.74) is 3.79. The molecular formula is C27H29FN4O2. The van der Waals surface area contributed by atoms with Crippen LogP contribution in [0.2, 0.25) is 0 Å². The van der Waals surface area contributed by atoms with Crippen molar-refractivity contribution in [3.8, 4) is 0 Å². The zero-order valence-corrected chi connectivity index (χ0v) is 19.6. The lowest BCUT2D eigenvalue weighted by molar-refractivity contribution is 0.458. The number of benzene rings is 3. The number of anilines is 2. The van der Waals surface area contributed by atoms with Gasteiger partial charge in [-0.25, -0.2) is 4.39 Å². The highest BCUT2D eigenvalue weighted by molar-refractivity contribution is 5.88. The SMILES string of the molecule is CC(C)CCNc1noc2ccccc12.Cc1ccccc1CNc1noc2ccc(F)cc12. The minimum atomic E-state index is -0.297. The fraction of sp³-hybridized carbons (Fsp3) is 0.259. The lowest BCUT2D eigenvalue weighted by Gasteiger charge is -2.06. The van der Waals surface area contributed by atoms with E-state index in [2.05, 4.69) is 47.8 Å². The number of hydrogen-bond acceptors (Lipinski definition) is 6. The first-order chi connectivity index (χ1) is 16.5. The van der Waals surface area contributed by atoms with E-state index in [1.54, 1.807) is 6.07 Å². The lowest BCUT2D eigenvalue weighted by atomic mass is 10.1. The molecular weight excluding hydrogens is 431 g/mol. The summed E-state index contributed by atoms with van der Waals surface area (Å²) in [7, 11) is 0. The Kier molecular flexibility index (Phi) is 7.42. The van der Waals surface area contributed by atoms with E-state index in [9.17, 15) is 4.39 Å². The first-order valence-corrected chi connectivity index (χ1v) is 11.4. The summed E-state index contributed by atoms with van der Waals surface area (Å²) in [6.07, 6.45) is 1.14. The van der Waals surface area contributed by atoms with Gasteiger partial charge < -0.3 is 19.7 Å². The number of aromatic nitrogens is 2. The van der Waals surface area contributed by atoms with Crippen LogP contribution in [0.4, 0.5) is 16.0 Å². The summed E-state index contributed by atoms with van der Waals surface area (Å²) in [5.74, 6) is 1.83. The van der Waals surface area contributed by atoms with Gasteiger partial charge in [0.25, 0.3) is 0 Å². The third-order valence-corrected chi connectivity index (χ3v) is 5.53. The molecule has 0 saturated heterocycles. The second-order valence-electron chi connectivity index (χ2n) is 8.59. The van der Waals surface area contributed by atoms with Crippen molar-refractivity contribution >= 4 is 33.6 Å². The van der Waals surface area contributed by atoms with Crippen LogP contribution < -0.4 is 10.6 Å². The van der Waals surface area contributed by atoms with Gasteiger partial charge in [-0.3, -0.25) is 0 Å². The minimum absolute atomic E-state index is 0.297. The Bertz CT molecular complexity index is 1360. The van der Waals surface area contributed by atoms with Crippen LogP contribution in [-0.4, -0.2) is 16.9 Å². The summed E-state index contributed by atoms with van der Waals surface area (Å²) in [6.45, 7) is 8.04. The Morgan fingerprint density at radius 3 is 2.26 bits per heavy atom. The molecule has 176 valence electrons. The topological polar surface area (TPSA) is 76.1 Å². The quantitative estimate of drug-likeness (QED) is 0.268. The molecule has 0 saturated carbocycles. The van der Waals surface area contributed by atoms with Crippen LogP contribution in [0.3, 0.4) is 0 Å². The summed E-state index contributed by atoms with van der Waals surface area (Å²) < 4.78 is 23.6. The van der Waals surface area contributed by atoms with E-state index in [4.69, 9.17) is 9.05 Å². The van der Waals surface area contributed by atoms with E-state index in [0.29, 0.717) is 29.2 Å². The molecule has 34 heavy (non-hydrogen) atoms. The number of fused-ring (bicyclic) bond motifs is 2. The van der Waals surface area contributed by atoms with Crippen LogP contribution in [0.5, 0.6) is 0 Å². The highest BCUT2D eigenvalue weighted by Crippen LogP contribution is 2.24. The monoisotopic (exact) mass is 460 g/mol. The standard InChI is InChI=1S/C15H13FN2O.C12H16N2O/c1-10-4-2-3-5-11(10)9-17-15-13-8-12(16)6-7-14(13)19-18-15;1-9(2)7-8-13-12-10-5-3-4-6-11(10)15-14-12/h2-8H,9H2,1H3,(H,17,18);3-6,9H,7-8H2,1-2H3,(H,13,14). The molecule has 0 aliphatic heterocycles. The lowest BCUT2D eigenvalue weighted by Crippen LogP contribution is -2.04. The maximum atomic E-state index is 13.2. The molecule has 3 aromatic carbocycles. The van der Waals surface area contributed by atoms with Gasteiger partial charge in [0, 0.05) is 13.1 Å². The number of para-hydroxylation sites is 1. The van der Waals surface area contributed by atoms with Crippen molar-refractivity contribution in [2.75, 3.05) is 17.2 Å². The highest BCUT2D eigenvalue weighted by atomic mass is 19.1. The fourth-order valence-corrected chi connectivity index (χ4v) is 3.52. The van der Waals surface area contributed by atoms with Gasteiger partial charge in [0.15, 0.2) is 22.8 Å². The smallest absolute Gasteiger partial charge is 0.177 e. The first-order valence-electron chi connectivity index (χ1n) is 11.4. The molecule has 0 amide bonds. The Balaban J connectivity index is 0.000000166. The Hall–Kier alpha value is -3.87. The first kappa shape index (κ1) is 23.3. The molecule has 2 heterocycles. The molecule has 2 aromatic heterocycles. The van der Waals surface area contributed by atoms with Crippen molar-refractivity contribution in [3.63, 3.8) is 0 Å². The number of nitrogens with zero attached hydrogens (tertiary/aromatic N) is 2. The van der Waals surface area contributed by atoms with Crippen LogP contribution in [0.1, 0.15) is 31.4 Å². The second kappa shape index (κ2) is 10.8. The third kappa shape index (κ3) is 5.73. The molecule has 0 radical (unpaired) electrons. The third-order valence-electron chi connectivity index (χ3n) is 5.53. The molecule has 0 aliphatic rings. The van der Waals surface area contributed by atoms with Crippen LogP contribution in [0.25, 0.3) is 21.9 Å². The largest absolute Gasteiger partial charge is 0.367 e. The summed E-state index contributed by atoms with van der Waals surface area (Å²) >= 11 is 0. The zero-order valence-electron chi connectivity index (χ0n) is 19.6. The molecule has 0 spiro atoms. The van der Waals surface area contributed by atoms with E-state index >= 15 is 0 Å². The van der Waals surface area contributed by atoms with Crippen molar-refractivity contribution in [2.45, 2.75) is 33.7 Å². The number of halogens is 1. The minimum Gasteiger partial charge on any atom is -0.367 e. The van der Waals surface area contributed by atoms with Crippen molar-refractivity contribution in [2.24, 2.45) is 5.92 Å². The highest BCUT2D eigenvalue weighted by Gasteiger charge is 2.09. The van der Waals surface area contributed by atoms with Gasteiger partial charge in [-0.05, 0) is 60.7 Å². The maximum Gasteiger partial charge on any atom is 0.177 e. The normalized spacial score (nSPS) is 11.0. The van der Waals surface area contributed by atoms with Crippen LogP contribution in [0, 0.1) is 18.7 Å². The molecule has 0 unspecified atom stereocenters. The van der Waals surface area contributed by atoms with Gasteiger partial charge >= 0.3 is 0 Å². The summed E-state index contributed by atoms with van der Waals surface area (Å²) in [4.78, 5) is 0. The molecule has 6 nitrogen and oxygen atoms in total. The Morgan fingerprint density at radius 2 is 1.50 bits per heavy atom. The summed E-state index contributed by atoms with van der Waals surface area (Å²) in [5, 5.41) is 16.1. The number of hydrogen-bond donors (Lipinski definition) is 2. The molecule has 5 aromatic rings. The average Bonchev–Trinajstić information content (AvgIpc) is 3.43. The van der Waals surface area contributed by atoms with Gasteiger partial charge in [-0.2, -0.15) is 0 Å². The second-order valence-corrected chi connectivity index (χ2v) is 8.59. The van der Waals surface area contributed by atoms with Gasteiger partial charge in [-0.15, -0.1) is 0 Å². The zero-order chi connectivity index (χ0) is 23.9. The average molecular weight is 461 g/mol. The van der Waals surface area contributed by atoms with Crippen molar-refractivity contribution in [1.82, 2.24) is 10.3 Å². The van der Waals surface area contributed by atoms with Gasteiger partial charge in [-0.1, -0.05) is 60.6 Å². The van der Waals surface area contributed by atoms with E-state index in [0.717, 1.165) is 29.8 Å². The van der Waals surface area contributed by atoms with Gasteiger partial charge in [0.2, 0.25) is 0 Å². The van der Waals surface area contributed by atoms with E-state index < -0.39 is 0 Å². The molecule has 0 atom stereocenters. The molecule has 0 aliphatic carbocycles.